The second-order valence-electron chi connectivity index (χ2n) is 7.18. The number of esters is 1. The topological polar surface area (TPSA) is 55.4 Å². The Morgan fingerprint density at radius 1 is 1.18 bits per heavy atom. The van der Waals surface area contributed by atoms with Gasteiger partial charge in [0.15, 0.2) is 5.78 Å². The summed E-state index contributed by atoms with van der Waals surface area (Å²) in [4.78, 5) is 28.4. The fourth-order valence-corrected chi connectivity index (χ4v) is 5.72. The van der Waals surface area contributed by atoms with Gasteiger partial charge in [0.25, 0.3) is 0 Å². The van der Waals surface area contributed by atoms with Gasteiger partial charge in [-0.05, 0) is 42.7 Å². The number of carbonyl (C=O) groups excluding carboxylic acids is 2. The van der Waals surface area contributed by atoms with Gasteiger partial charge < -0.3 is 10.1 Å². The van der Waals surface area contributed by atoms with E-state index >= 15 is 0 Å². The Morgan fingerprint density at radius 3 is 2.54 bits per heavy atom. The molecule has 1 aliphatic carbocycles. The molecule has 0 spiro atoms. The third kappa shape index (κ3) is 3.47. The van der Waals surface area contributed by atoms with Crippen molar-refractivity contribution in [1.29, 1.82) is 0 Å². The van der Waals surface area contributed by atoms with Crippen LogP contribution in [0.2, 0.25) is 0 Å². The van der Waals surface area contributed by atoms with E-state index in [2.05, 4.69) is 16.8 Å². The van der Waals surface area contributed by atoms with Gasteiger partial charge in [-0.25, -0.2) is 4.79 Å². The van der Waals surface area contributed by atoms with Crippen LogP contribution in [0.4, 0.5) is 0 Å². The van der Waals surface area contributed by atoms with Crippen LogP contribution < -0.4 is 5.32 Å². The zero-order chi connectivity index (χ0) is 19.7. The third-order valence-corrected chi connectivity index (χ3v) is 7.23. The lowest BCUT2D eigenvalue weighted by Gasteiger charge is -2.35. The highest BCUT2D eigenvalue weighted by Gasteiger charge is 2.41. The van der Waals surface area contributed by atoms with E-state index in [0.717, 1.165) is 34.7 Å². The minimum Gasteiger partial charge on any atom is -0.462 e. The molecule has 0 unspecified atom stereocenters. The maximum Gasteiger partial charge on any atom is 0.336 e. The van der Waals surface area contributed by atoms with Gasteiger partial charge in [-0.2, -0.15) is 0 Å². The summed E-state index contributed by atoms with van der Waals surface area (Å²) in [5.74, 6) is -0.342. The molecule has 146 valence electrons. The molecule has 0 radical (unpaired) electrons. The molecule has 3 heterocycles. The first-order valence-electron chi connectivity index (χ1n) is 9.58. The number of allylic oxidation sites excluding steroid dienone is 3. The van der Waals surface area contributed by atoms with E-state index in [1.54, 1.807) is 22.7 Å². The first-order valence-corrected chi connectivity index (χ1v) is 11.3. The van der Waals surface area contributed by atoms with Crippen LogP contribution >= 0.6 is 22.7 Å². The average Bonchev–Trinajstić information content (AvgIpc) is 3.38. The van der Waals surface area contributed by atoms with Crippen LogP contribution in [0.3, 0.4) is 0 Å². The van der Waals surface area contributed by atoms with Crippen LogP contribution in [0.15, 0.2) is 57.6 Å². The predicted molar refractivity (Wildman–Crippen MR) is 112 cm³/mol. The van der Waals surface area contributed by atoms with Crippen molar-refractivity contribution >= 4 is 34.4 Å². The fourth-order valence-electron chi connectivity index (χ4n) is 4.05. The number of dihydropyridines is 1. The molecule has 0 aromatic carbocycles. The maximum absolute atomic E-state index is 13.3. The molecule has 4 nitrogen and oxygen atoms in total. The number of hydrogen-bond donors (Lipinski definition) is 1. The highest BCUT2D eigenvalue weighted by molar-refractivity contribution is 7.10. The molecule has 1 aliphatic heterocycles. The van der Waals surface area contributed by atoms with Crippen molar-refractivity contribution in [3.05, 3.63) is 67.3 Å². The first kappa shape index (κ1) is 19.2. The van der Waals surface area contributed by atoms with Crippen molar-refractivity contribution in [3.8, 4) is 0 Å². The van der Waals surface area contributed by atoms with Crippen molar-refractivity contribution < 1.29 is 14.3 Å². The number of rotatable bonds is 5. The Morgan fingerprint density at radius 2 is 1.89 bits per heavy atom. The van der Waals surface area contributed by atoms with Gasteiger partial charge in [0.1, 0.15) is 0 Å². The molecule has 6 heteroatoms. The van der Waals surface area contributed by atoms with Crippen molar-refractivity contribution in [2.24, 2.45) is 0 Å². The Hall–Kier alpha value is -2.18. The molecule has 0 bridgehead atoms. The fraction of sp³-hybridized carbons (Fsp3) is 0.364. The summed E-state index contributed by atoms with van der Waals surface area (Å²) in [5.41, 5.74) is 3.05. The number of nitrogens with one attached hydrogen (secondary N) is 1. The third-order valence-electron chi connectivity index (χ3n) is 5.26. The maximum atomic E-state index is 13.3. The standard InChI is InChI=1S/C22H23NO3S2/c1-3-8-26-22(25)19-13(2)23-15-11-14(17-6-4-9-27-17)12-16(24)20(15)21(19)18-7-5-10-28-18/h4-7,9-10,14,21,23H,3,8,11-12H2,1-2H3/t14-,21-/m0/s1. The second kappa shape index (κ2) is 8.05. The van der Waals surface area contributed by atoms with Crippen molar-refractivity contribution in [3.63, 3.8) is 0 Å². The lowest BCUT2D eigenvalue weighted by Crippen LogP contribution is -2.35. The molecule has 0 fully saturated rings. The minimum absolute atomic E-state index is 0.124. The molecule has 0 saturated carbocycles. The zero-order valence-electron chi connectivity index (χ0n) is 16.0. The first-order chi connectivity index (χ1) is 13.6. The summed E-state index contributed by atoms with van der Waals surface area (Å²) in [7, 11) is 0. The number of ether oxygens (including phenoxy) is 1. The molecule has 2 aromatic rings. The van der Waals surface area contributed by atoms with Crippen LogP contribution in [-0.2, 0) is 14.3 Å². The average molecular weight is 414 g/mol. The van der Waals surface area contributed by atoms with Crippen LogP contribution in [0.25, 0.3) is 0 Å². The molecule has 0 amide bonds. The summed E-state index contributed by atoms with van der Waals surface area (Å²) in [6, 6.07) is 8.10. The van der Waals surface area contributed by atoms with E-state index in [-0.39, 0.29) is 23.6 Å². The van der Waals surface area contributed by atoms with E-state index in [4.69, 9.17) is 4.74 Å². The highest BCUT2D eigenvalue weighted by atomic mass is 32.1. The Bertz CT molecular complexity index is 939. The van der Waals surface area contributed by atoms with Crippen LogP contribution in [-0.4, -0.2) is 18.4 Å². The molecular weight excluding hydrogens is 390 g/mol. The van der Waals surface area contributed by atoms with Crippen LogP contribution in [0.1, 0.15) is 54.7 Å². The van der Waals surface area contributed by atoms with Gasteiger partial charge in [0.2, 0.25) is 0 Å². The number of carbonyl (C=O) groups is 2. The largest absolute Gasteiger partial charge is 0.462 e. The highest BCUT2D eigenvalue weighted by Crippen LogP contribution is 2.47. The monoisotopic (exact) mass is 413 g/mol. The van der Waals surface area contributed by atoms with Gasteiger partial charge in [-0.15, -0.1) is 22.7 Å². The van der Waals surface area contributed by atoms with Crippen LogP contribution in [0, 0.1) is 0 Å². The summed E-state index contributed by atoms with van der Waals surface area (Å²) >= 11 is 3.28. The Balaban J connectivity index is 1.75. The van der Waals surface area contributed by atoms with Crippen LogP contribution in [0.5, 0.6) is 0 Å². The Labute approximate surface area is 172 Å². The normalized spacial score (nSPS) is 22.1. The zero-order valence-corrected chi connectivity index (χ0v) is 17.6. The molecule has 2 aromatic heterocycles. The Kier molecular flexibility index (Phi) is 5.51. The number of thiophene rings is 2. The quantitative estimate of drug-likeness (QED) is 0.691. The van der Waals surface area contributed by atoms with Gasteiger partial charge in [-0.3, -0.25) is 4.79 Å². The lowest BCUT2D eigenvalue weighted by atomic mass is 9.74. The minimum atomic E-state index is -0.336. The molecule has 2 aliphatic rings. The lowest BCUT2D eigenvalue weighted by molar-refractivity contribution is -0.139. The van der Waals surface area contributed by atoms with E-state index in [1.807, 2.05) is 37.4 Å². The van der Waals surface area contributed by atoms with Crippen molar-refractivity contribution in [2.45, 2.75) is 44.9 Å². The summed E-state index contributed by atoms with van der Waals surface area (Å²) in [5, 5.41) is 7.43. The molecule has 0 saturated heterocycles. The second-order valence-corrected chi connectivity index (χ2v) is 9.14. The van der Waals surface area contributed by atoms with Gasteiger partial charge in [0.05, 0.1) is 18.1 Å². The summed E-state index contributed by atoms with van der Waals surface area (Å²) in [6.45, 7) is 4.26. The molecule has 2 atom stereocenters. The number of Topliss-reactive ketones (excluding diaryl/α,β-unsaturated/α-hetero) is 1. The van der Waals surface area contributed by atoms with Gasteiger partial charge in [0, 0.05) is 39.1 Å². The summed E-state index contributed by atoms with van der Waals surface area (Å²) < 4.78 is 5.46. The number of hydrogen-bond acceptors (Lipinski definition) is 6. The van der Waals surface area contributed by atoms with E-state index in [0.29, 0.717) is 18.6 Å². The van der Waals surface area contributed by atoms with E-state index < -0.39 is 0 Å². The summed E-state index contributed by atoms with van der Waals surface area (Å²) in [6.07, 6.45) is 2.04. The molecular formula is C22H23NO3S2. The molecule has 28 heavy (non-hydrogen) atoms. The van der Waals surface area contributed by atoms with E-state index in [9.17, 15) is 9.59 Å². The molecule has 1 N–H and O–H groups in total. The van der Waals surface area contributed by atoms with Gasteiger partial charge >= 0.3 is 5.97 Å². The van der Waals surface area contributed by atoms with E-state index in [1.165, 1.54) is 4.88 Å². The predicted octanol–water partition coefficient (Wildman–Crippen LogP) is 5.12. The smallest absolute Gasteiger partial charge is 0.336 e. The number of ketones is 1. The molecule has 4 rings (SSSR count). The van der Waals surface area contributed by atoms with Crippen molar-refractivity contribution in [1.82, 2.24) is 5.32 Å². The SMILES string of the molecule is CCCOC(=O)C1=C(C)NC2=C(C(=O)C[C@@H](c3cccs3)C2)[C@H]1c1cccs1. The van der Waals surface area contributed by atoms with Crippen molar-refractivity contribution in [2.75, 3.05) is 6.61 Å². The van der Waals surface area contributed by atoms with Gasteiger partial charge in [-0.1, -0.05) is 19.1 Å².